The largest absolute Gasteiger partial charge is 0.573 e. The molecule has 86 valence electrons. The molecule has 0 amide bonds. The predicted molar refractivity (Wildman–Crippen MR) is 56.4 cm³/mol. The molecule has 17 heavy (non-hydrogen) atoms. The van der Waals surface area contributed by atoms with Crippen molar-refractivity contribution < 1.29 is 17.9 Å². The monoisotopic (exact) mass is 237 g/mol. The number of terminal acetylenes is 1. The molecule has 0 radical (unpaired) electrons. The maximum Gasteiger partial charge on any atom is 0.573 e. The van der Waals surface area contributed by atoms with Crippen LogP contribution in [0, 0.1) is 12.3 Å². The number of aromatic nitrogens is 1. The highest BCUT2D eigenvalue weighted by molar-refractivity contribution is 5.83. The van der Waals surface area contributed by atoms with Crippen LogP contribution in [0.2, 0.25) is 0 Å². The molecule has 0 fully saturated rings. The van der Waals surface area contributed by atoms with Crippen molar-refractivity contribution in [2.24, 2.45) is 0 Å². The summed E-state index contributed by atoms with van der Waals surface area (Å²) < 4.78 is 39.9. The first-order valence-corrected chi connectivity index (χ1v) is 4.60. The molecule has 0 saturated heterocycles. The summed E-state index contributed by atoms with van der Waals surface area (Å²) in [6, 6.07) is 5.51. The van der Waals surface area contributed by atoms with E-state index in [0.717, 1.165) is 0 Å². The van der Waals surface area contributed by atoms with Gasteiger partial charge >= 0.3 is 6.36 Å². The van der Waals surface area contributed by atoms with Gasteiger partial charge < -0.3 is 4.74 Å². The van der Waals surface area contributed by atoms with E-state index >= 15 is 0 Å². The molecule has 2 rings (SSSR count). The van der Waals surface area contributed by atoms with Gasteiger partial charge in [-0.3, -0.25) is 0 Å². The number of ether oxygens (including phenoxy) is 1. The Bertz CT molecular complexity index is 599. The summed E-state index contributed by atoms with van der Waals surface area (Å²) >= 11 is 0. The van der Waals surface area contributed by atoms with E-state index in [1.165, 1.54) is 30.5 Å². The SMILES string of the molecule is C#Cc1cc2cc(OC(F)(F)F)ccc2cn1. The van der Waals surface area contributed by atoms with Gasteiger partial charge in [-0.15, -0.1) is 19.6 Å². The topological polar surface area (TPSA) is 22.1 Å². The third-order valence-corrected chi connectivity index (χ3v) is 2.07. The summed E-state index contributed by atoms with van der Waals surface area (Å²) in [5, 5.41) is 1.24. The molecule has 2 aromatic rings. The Morgan fingerprint density at radius 2 is 1.94 bits per heavy atom. The lowest BCUT2D eigenvalue weighted by molar-refractivity contribution is -0.274. The van der Waals surface area contributed by atoms with Gasteiger partial charge in [0.2, 0.25) is 0 Å². The highest BCUT2D eigenvalue weighted by atomic mass is 19.4. The van der Waals surface area contributed by atoms with Gasteiger partial charge in [-0.2, -0.15) is 0 Å². The average molecular weight is 237 g/mol. The van der Waals surface area contributed by atoms with E-state index in [2.05, 4.69) is 15.6 Å². The Morgan fingerprint density at radius 1 is 1.18 bits per heavy atom. The van der Waals surface area contributed by atoms with Crippen LogP contribution in [0.25, 0.3) is 10.8 Å². The molecule has 0 aliphatic carbocycles. The second-order valence-corrected chi connectivity index (χ2v) is 3.27. The Labute approximate surface area is 95.0 Å². The Kier molecular flexibility index (Phi) is 2.64. The first-order valence-electron chi connectivity index (χ1n) is 4.60. The fraction of sp³-hybridized carbons (Fsp3) is 0.0833. The van der Waals surface area contributed by atoms with E-state index in [1.54, 1.807) is 0 Å². The van der Waals surface area contributed by atoms with Crippen LogP contribution in [0.3, 0.4) is 0 Å². The van der Waals surface area contributed by atoms with E-state index in [0.29, 0.717) is 16.5 Å². The molecule has 0 atom stereocenters. The number of pyridine rings is 1. The molecular weight excluding hydrogens is 231 g/mol. The number of hydrogen-bond acceptors (Lipinski definition) is 2. The second kappa shape index (κ2) is 3.98. The minimum atomic E-state index is -4.70. The molecule has 0 N–H and O–H groups in total. The predicted octanol–water partition coefficient (Wildman–Crippen LogP) is 3.11. The van der Waals surface area contributed by atoms with Crippen molar-refractivity contribution in [2.45, 2.75) is 6.36 Å². The van der Waals surface area contributed by atoms with Crippen molar-refractivity contribution in [1.82, 2.24) is 4.98 Å². The van der Waals surface area contributed by atoms with Crippen LogP contribution in [-0.4, -0.2) is 11.3 Å². The van der Waals surface area contributed by atoms with Crippen molar-refractivity contribution in [2.75, 3.05) is 0 Å². The van der Waals surface area contributed by atoms with Crippen molar-refractivity contribution in [1.29, 1.82) is 0 Å². The Hall–Kier alpha value is -2.22. The second-order valence-electron chi connectivity index (χ2n) is 3.27. The lowest BCUT2D eigenvalue weighted by atomic mass is 10.1. The fourth-order valence-electron chi connectivity index (χ4n) is 1.40. The molecule has 1 aromatic carbocycles. The number of alkyl halides is 3. The van der Waals surface area contributed by atoms with Crippen molar-refractivity contribution in [3.05, 3.63) is 36.2 Å². The summed E-state index contributed by atoms with van der Waals surface area (Å²) in [5.41, 5.74) is 0.363. The smallest absolute Gasteiger partial charge is 0.406 e. The van der Waals surface area contributed by atoms with E-state index in [-0.39, 0.29) is 5.75 Å². The summed E-state index contributed by atoms with van der Waals surface area (Å²) in [7, 11) is 0. The van der Waals surface area contributed by atoms with Crippen LogP contribution in [0.15, 0.2) is 30.5 Å². The van der Waals surface area contributed by atoms with Crippen molar-refractivity contribution in [3.8, 4) is 18.1 Å². The lowest BCUT2D eigenvalue weighted by Crippen LogP contribution is -2.16. The Balaban J connectivity index is 2.45. The number of hydrogen-bond donors (Lipinski definition) is 0. The van der Waals surface area contributed by atoms with E-state index in [1.807, 2.05) is 0 Å². The zero-order valence-corrected chi connectivity index (χ0v) is 8.45. The zero-order valence-electron chi connectivity index (χ0n) is 8.45. The van der Waals surface area contributed by atoms with Crippen LogP contribution in [0.4, 0.5) is 13.2 Å². The number of halogens is 3. The van der Waals surface area contributed by atoms with Gasteiger partial charge in [0.15, 0.2) is 0 Å². The van der Waals surface area contributed by atoms with Gasteiger partial charge in [-0.05, 0) is 29.7 Å². The zero-order chi connectivity index (χ0) is 12.5. The molecule has 0 bridgehead atoms. The number of benzene rings is 1. The minimum absolute atomic E-state index is 0.279. The fourth-order valence-corrected chi connectivity index (χ4v) is 1.40. The van der Waals surface area contributed by atoms with Crippen LogP contribution in [0.1, 0.15) is 5.69 Å². The van der Waals surface area contributed by atoms with Crippen LogP contribution >= 0.6 is 0 Å². The van der Waals surface area contributed by atoms with E-state index < -0.39 is 6.36 Å². The van der Waals surface area contributed by atoms with Crippen molar-refractivity contribution >= 4 is 10.8 Å². The van der Waals surface area contributed by atoms with Gasteiger partial charge in [0.05, 0.1) is 0 Å². The first kappa shape index (κ1) is 11.3. The minimum Gasteiger partial charge on any atom is -0.406 e. The molecule has 0 aliphatic rings. The quantitative estimate of drug-likeness (QED) is 0.711. The first-order chi connectivity index (χ1) is 7.98. The molecule has 1 aromatic heterocycles. The van der Waals surface area contributed by atoms with Crippen LogP contribution in [-0.2, 0) is 0 Å². The van der Waals surface area contributed by atoms with Gasteiger partial charge in [-0.1, -0.05) is 5.92 Å². The molecule has 1 heterocycles. The third-order valence-electron chi connectivity index (χ3n) is 2.07. The van der Waals surface area contributed by atoms with Crippen LogP contribution < -0.4 is 4.74 Å². The highest BCUT2D eigenvalue weighted by Gasteiger charge is 2.31. The average Bonchev–Trinajstić information content (AvgIpc) is 2.26. The third kappa shape index (κ3) is 2.67. The van der Waals surface area contributed by atoms with Gasteiger partial charge in [-0.25, -0.2) is 4.98 Å². The standard InChI is InChI=1S/C12H6F3NO/c1-2-10-5-9-6-11(17-12(13,14)15)4-3-8(9)7-16-10/h1,3-7H. The molecule has 0 saturated carbocycles. The molecule has 2 nitrogen and oxygen atoms in total. The maximum absolute atomic E-state index is 12.0. The van der Waals surface area contributed by atoms with Gasteiger partial charge in [0.25, 0.3) is 0 Å². The summed E-state index contributed by atoms with van der Waals surface area (Å²) in [4.78, 5) is 3.93. The number of fused-ring (bicyclic) bond motifs is 1. The molecule has 0 aliphatic heterocycles. The highest BCUT2D eigenvalue weighted by Crippen LogP contribution is 2.26. The summed E-state index contributed by atoms with van der Waals surface area (Å²) in [5.74, 6) is 2.03. The van der Waals surface area contributed by atoms with E-state index in [9.17, 15) is 13.2 Å². The van der Waals surface area contributed by atoms with Gasteiger partial charge in [0, 0.05) is 11.6 Å². The lowest BCUT2D eigenvalue weighted by Gasteiger charge is -2.09. The van der Waals surface area contributed by atoms with Gasteiger partial charge in [0.1, 0.15) is 11.4 Å². The number of rotatable bonds is 1. The number of nitrogens with zero attached hydrogens (tertiary/aromatic N) is 1. The normalized spacial score (nSPS) is 11.2. The maximum atomic E-state index is 12.0. The van der Waals surface area contributed by atoms with Crippen molar-refractivity contribution in [3.63, 3.8) is 0 Å². The molecular formula is C12H6F3NO. The molecule has 0 unspecified atom stereocenters. The van der Waals surface area contributed by atoms with E-state index in [4.69, 9.17) is 6.42 Å². The summed E-state index contributed by atoms with van der Waals surface area (Å²) in [6.45, 7) is 0. The Morgan fingerprint density at radius 3 is 2.59 bits per heavy atom. The molecule has 5 heteroatoms. The molecule has 0 spiro atoms. The summed E-state index contributed by atoms with van der Waals surface area (Å²) in [6.07, 6.45) is 1.96. The van der Waals surface area contributed by atoms with Crippen LogP contribution in [0.5, 0.6) is 5.75 Å².